The maximum absolute atomic E-state index is 11.9. The van der Waals surface area contributed by atoms with Crippen LogP contribution < -0.4 is 10.6 Å². The van der Waals surface area contributed by atoms with E-state index in [9.17, 15) is 14.4 Å². The number of nitrogens with one attached hydrogen (secondary N) is 2. The number of rotatable bonds is 26. The van der Waals surface area contributed by atoms with E-state index in [0.29, 0.717) is 71.1 Å². The molecule has 0 aromatic carbocycles. The Morgan fingerprint density at radius 1 is 0.629 bits per heavy atom. The van der Waals surface area contributed by atoms with Crippen molar-refractivity contribution in [3.8, 4) is 0 Å². The van der Waals surface area contributed by atoms with Gasteiger partial charge in [0.2, 0.25) is 11.8 Å². The van der Waals surface area contributed by atoms with Crippen LogP contribution in [0.2, 0.25) is 0 Å². The Kier molecular flexibility index (Phi) is 24.5. The first-order valence-corrected chi connectivity index (χ1v) is 13.6. The summed E-state index contributed by atoms with van der Waals surface area (Å²) in [4.78, 5) is 34.7. The van der Waals surface area contributed by atoms with Crippen LogP contribution >= 0.6 is 0 Å². The summed E-state index contributed by atoms with van der Waals surface area (Å²) < 4.78 is 16.0. The fourth-order valence-corrected chi connectivity index (χ4v) is 3.76. The highest BCUT2D eigenvalue weighted by atomic mass is 16.5. The zero-order chi connectivity index (χ0) is 26.0. The number of ether oxygens (including phenoxy) is 3. The van der Waals surface area contributed by atoms with Gasteiger partial charge < -0.3 is 29.6 Å². The maximum Gasteiger partial charge on any atom is 0.220 e. The Balaban J connectivity index is 3.46. The number of carbonyl (C=O) groups excluding carboxylic acids is 3. The van der Waals surface area contributed by atoms with Crippen molar-refractivity contribution in [2.75, 3.05) is 53.7 Å². The lowest BCUT2D eigenvalue weighted by Crippen LogP contribution is -2.27. The lowest BCUT2D eigenvalue weighted by molar-refractivity contribution is -0.122. The minimum absolute atomic E-state index is 0.0172. The second kappa shape index (κ2) is 25.6. The molecule has 0 radical (unpaired) electrons. The predicted octanol–water partition coefficient (Wildman–Crippen LogP) is 4.19. The van der Waals surface area contributed by atoms with Crippen molar-refractivity contribution in [3.05, 3.63) is 0 Å². The zero-order valence-corrected chi connectivity index (χ0v) is 22.7. The molecule has 1 atom stereocenters. The number of hydrogen-bond acceptors (Lipinski definition) is 6. The largest absolute Gasteiger partial charge is 0.385 e. The molecule has 2 amide bonds. The molecular formula is C27H52N2O6. The van der Waals surface area contributed by atoms with Crippen LogP contribution in [0.4, 0.5) is 0 Å². The summed E-state index contributed by atoms with van der Waals surface area (Å²) in [5.41, 5.74) is 0. The summed E-state index contributed by atoms with van der Waals surface area (Å²) in [6.07, 6.45) is 12.8. The third-order valence-electron chi connectivity index (χ3n) is 5.86. The lowest BCUT2D eigenvalue weighted by Gasteiger charge is -2.15. The molecule has 0 aliphatic carbocycles. The van der Waals surface area contributed by atoms with Gasteiger partial charge in [0.15, 0.2) is 0 Å². The highest BCUT2D eigenvalue weighted by Gasteiger charge is 2.09. The van der Waals surface area contributed by atoms with Crippen LogP contribution in [0.1, 0.15) is 96.8 Å². The van der Waals surface area contributed by atoms with Crippen molar-refractivity contribution >= 4 is 17.6 Å². The third-order valence-corrected chi connectivity index (χ3v) is 5.86. The molecule has 8 nitrogen and oxygen atoms in total. The number of methoxy groups -OCH3 is 2. The van der Waals surface area contributed by atoms with Crippen LogP contribution in [0.3, 0.4) is 0 Å². The summed E-state index contributed by atoms with van der Waals surface area (Å²) in [7, 11) is 3.37. The molecule has 0 fully saturated rings. The van der Waals surface area contributed by atoms with E-state index in [-0.39, 0.29) is 17.6 Å². The third kappa shape index (κ3) is 25.4. The standard InChI is InChI=1S/C27H52N2O6/c1-24(30)14-10-8-6-4-5-7-9-11-18-28-26(31)15-12-16-27(32)29-19-13-20-35-23-25(22-34-3)17-21-33-2/h25H,4-23H2,1-3H3,(H,28,31)(H,29,32). The highest BCUT2D eigenvalue weighted by Crippen LogP contribution is 2.10. The van der Waals surface area contributed by atoms with Gasteiger partial charge in [0, 0.05) is 65.7 Å². The van der Waals surface area contributed by atoms with Gasteiger partial charge in [0.1, 0.15) is 5.78 Å². The van der Waals surface area contributed by atoms with Crippen molar-refractivity contribution in [1.82, 2.24) is 10.6 Å². The fraction of sp³-hybridized carbons (Fsp3) is 0.889. The first-order chi connectivity index (χ1) is 17.0. The normalized spacial score (nSPS) is 11.9. The van der Waals surface area contributed by atoms with E-state index < -0.39 is 0 Å². The SMILES string of the molecule is COCCC(COC)COCCCNC(=O)CCCC(=O)NCCCCCCCCCCC(C)=O. The smallest absolute Gasteiger partial charge is 0.220 e. The van der Waals surface area contributed by atoms with Gasteiger partial charge in [-0.15, -0.1) is 0 Å². The van der Waals surface area contributed by atoms with Crippen LogP contribution in [0.5, 0.6) is 0 Å². The molecule has 0 spiro atoms. The summed E-state index contributed by atoms with van der Waals surface area (Å²) >= 11 is 0. The highest BCUT2D eigenvalue weighted by molar-refractivity contribution is 5.78. The number of unbranched alkanes of at least 4 members (excludes halogenated alkanes) is 7. The second-order valence-electron chi connectivity index (χ2n) is 9.37. The molecule has 8 heteroatoms. The lowest BCUT2D eigenvalue weighted by atomic mass is 10.1. The summed E-state index contributed by atoms with van der Waals surface area (Å²) in [6.45, 7) is 5.51. The van der Waals surface area contributed by atoms with Gasteiger partial charge in [-0.1, -0.05) is 38.5 Å². The summed E-state index contributed by atoms with van der Waals surface area (Å²) in [5, 5.41) is 5.83. The average Bonchev–Trinajstić information content (AvgIpc) is 2.82. The van der Waals surface area contributed by atoms with Crippen molar-refractivity contribution in [2.45, 2.75) is 96.8 Å². The average molecular weight is 501 g/mol. The number of hydrogen-bond donors (Lipinski definition) is 2. The Bertz CT molecular complexity index is 530. The molecule has 0 aliphatic heterocycles. The topological polar surface area (TPSA) is 103 Å². The van der Waals surface area contributed by atoms with Crippen LogP contribution in [-0.2, 0) is 28.6 Å². The van der Waals surface area contributed by atoms with E-state index in [2.05, 4.69) is 10.6 Å². The number of Topliss-reactive ketones (excluding diaryl/α,β-unsaturated/α-hetero) is 1. The molecular weight excluding hydrogens is 448 g/mol. The van der Waals surface area contributed by atoms with Crippen molar-refractivity contribution in [2.24, 2.45) is 5.92 Å². The predicted molar refractivity (Wildman–Crippen MR) is 139 cm³/mol. The van der Waals surface area contributed by atoms with E-state index in [1.54, 1.807) is 21.1 Å². The summed E-state index contributed by atoms with van der Waals surface area (Å²) in [6, 6.07) is 0. The van der Waals surface area contributed by atoms with Gasteiger partial charge in [-0.25, -0.2) is 0 Å². The molecule has 206 valence electrons. The second-order valence-corrected chi connectivity index (χ2v) is 9.37. The molecule has 0 saturated heterocycles. The molecule has 0 rings (SSSR count). The van der Waals surface area contributed by atoms with Crippen LogP contribution in [0.15, 0.2) is 0 Å². The first kappa shape index (κ1) is 33.5. The van der Waals surface area contributed by atoms with Crippen LogP contribution in [-0.4, -0.2) is 71.3 Å². The Morgan fingerprint density at radius 3 is 1.77 bits per heavy atom. The van der Waals surface area contributed by atoms with Crippen molar-refractivity contribution in [1.29, 1.82) is 0 Å². The van der Waals surface area contributed by atoms with E-state index in [1.165, 1.54) is 25.7 Å². The molecule has 0 aromatic rings. The van der Waals surface area contributed by atoms with Gasteiger partial charge >= 0.3 is 0 Å². The maximum atomic E-state index is 11.9. The Hall–Kier alpha value is -1.51. The fourth-order valence-electron chi connectivity index (χ4n) is 3.76. The van der Waals surface area contributed by atoms with Crippen LogP contribution in [0.25, 0.3) is 0 Å². The number of ketones is 1. The minimum atomic E-state index is -0.0172. The molecule has 0 bridgehead atoms. The Labute approximate surface area is 213 Å². The van der Waals surface area contributed by atoms with E-state index in [4.69, 9.17) is 14.2 Å². The molecule has 0 saturated carbocycles. The van der Waals surface area contributed by atoms with Gasteiger partial charge in [0.05, 0.1) is 13.2 Å². The van der Waals surface area contributed by atoms with Gasteiger partial charge in [0.25, 0.3) is 0 Å². The monoisotopic (exact) mass is 500 g/mol. The molecule has 0 aliphatic rings. The minimum Gasteiger partial charge on any atom is -0.385 e. The van der Waals surface area contributed by atoms with Gasteiger partial charge in [-0.3, -0.25) is 9.59 Å². The van der Waals surface area contributed by atoms with Gasteiger partial charge in [-0.05, 0) is 39.0 Å². The van der Waals surface area contributed by atoms with Crippen LogP contribution in [0, 0.1) is 5.92 Å². The van der Waals surface area contributed by atoms with Crippen molar-refractivity contribution < 1.29 is 28.6 Å². The first-order valence-electron chi connectivity index (χ1n) is 13.6. The molecule has 35 heavy (non-hydrogen) atoms. The summed E-state index contributed by atoms with van der Waals surface area (Å²) in [5.74, 6) is 0.613. The van der Waals surface area contributed by atoms with Gasteiger partial charge in [-0.2, -0.15) is 0 Å². The molecule has 0 aromatic heterocycles. The van der Waals surface area contributed by atoms with E-state index in [1.807, 2.05) is 0 Å². The van der Waals surface area contributed by atoms with E-state index >= 15 is 0 Å². The van der Waals surface area contributed by atoms with Crippen molar-refractivity contribution in [3.63, 3.8) is 0 Å². The molecule has 2 N–H and O–H groups in total. The quantitative estimate of drug-likeness (QED) is 0.173. The molecule has 0 heterocycles. The van der Waals surface area contributed by atoms with E-state index in [0.717, 1.165) is 38.5 Å². The number of carbonyl (C=O) groups is 3. The number of amides is 2. The molecule has 1 unspecified atom stereocenters. The zero-order valence-electron chi connectivity index (χ0n) is 22.7. The Morgan fingerprint density at radius 2 is 1.20 bits per heavy atom.